The van der Waals surface area contributed by atoms with Crippen molar-refractivity contribution in [1.82, 2.24) is 9.80 Å². The van der Waals surface area contributed by atoms with E-state index < -0.39 is 0 Å². The van der Waals surface area contributed by atoms with Crippen molar-refractivity contribution in [2.45, 2.75) is 78.3 Å². The minimum Gasteiger partial charge on any atom is -0.339 e. The number of likely N-dealkylation sites (tertiary alicyclic amines) is 1. The highest BCUT2D eigenvalue weighted by Gasteiger charge is 2.31. The van der Waals surface area contributed by atoms with Crippen molar-refractivity contribution in [3.63, 3.8) is 0 Å². The molecule has 1 aromatic rings. The maximum absolute atomic E-state index is 13.0. The maximum Gasteiger partial charge on any atom is 0.253 e. The van der Waals surface area contributed by atoms with Crippen LogP contribution in [0.4, 0.5) is 0 Å². The molecule has 0 unspecified atom stereocenters. The lowest BCUT2D eigenvalue weighted by Gasteiger charge is -2.39. The van der Waals surface area contributed by atoms with Crippen LogP contribution in [0.2, 0.25) is 0 Å². The van der Waals surface area contributed by atoms with Crippen molar-refractivity contribution in [2.75, 3.05) is 19.6 Å². The molecule has 0 spiro atoms. The smallest absolute Gasteiger partial charge is 0.253 e. The molecule has 1 aromatic carbocycles. The highest BCUT2D eigenvalue weighted by atomic mass is 16.2. The zero-order chi connectivity index (χ0) is 19.0. The van der Waals surface area contributed by atoms with E-state index in [2.05, 4.69) is 48.8 Å². The number of rotatable bonds is 2. The van der Waals surface area contributed by atoms with E-state index in [1.54, 1.807) is 0 Å². The number of carbonyl (C=O) groups is 1. The van der Waals surface area contributed by atoms with E-state index in [0.29, 0.717) is 5.41 Å². The molecule has 0 bridgehead atoms. The van der Waals surface area contributed by atoms with E-state index in [0.717, 1.165) is 63.0 Å². The van der Waals surface area contributed by atoms with Crippen molar-refractivity contribution in [3.8, 4) is 0 Å². The van der Waals surface area contributed by atoms with E-state index in [-0.39, 0.29) is 5.91 Å². The van der Waals surface area contributed by atoms with Crippen LogP contribution < -0.4 is 0 Å². The Morgan fingerprint density at radius 3 is 2.33 bits per heavy atom. The molecule has 2 fully saturated rings. The summed E-state index contributed by atoms with van der Waals surface area (Å²) in [5.41, 5.74) is 4.10. The van der Waals surface area contributed by atoms with Crippen molar-refractivity contribution in [1.29, 1.82) is 0 Å². The van der Waals surface area contributed by atoms with Crippen LogP contribution in [-0.2, 0) is 13.0 Å². The molecular weight excluding hydrogens is 332 g/mol. The molecule has 3 heteroatoms. The lowest BCUT2D eigenvalue weighted by molar-refractivity contribution is 0.0608. The van der Waals surface area contributed by atoms with Gasteiger partial charge in [-0.15, -0.1) is 0 Å². The van der Waals surface area contributed by atoms with Crippen molar-refractivity contribution < 1.29 is 4.79 Å². The third-order valence-electron chi connectivity index (χ3n) is 7.34. The molecule has 0 N–H and O–H groups in total. The van der Waals surface area contributed by atoms with Gasteiger partial charge in [0.05, 0.1) is 0 Å². The Kier molecular flexibility index (Phi) is 5.33. The van der Waals surface area contributed by atoms with Crippen LogP contribution in [0.5, 0.6) is 0 Å². The summed E-state index contributed by atoms with van der Waals surface area (Å²) in [6, 6.07) is 7.30. The third-order valence-corrected chi connectivity index (χ3v) is 7.34. The highest BCUT2D eigenvalue weighted by Crippen LogP contribution is 2.35. The Morgan fingerprint density at radius 1 is 0.963 bits per heavy atom. The number of amides is 1. The number of carbonyl (C=O) groups excluding carboxylic acids is 1. The Morgan fingerprint density at radius 2 is 1.67 bits per heavy atom. The molecule has 0 radical (unpaired) electrons. The van der Waals surface area contributed by atoms with E-state index in [1.807, 2.05) is 0 Å². The van der Waals surface area contributed by atoms with Crippen LogP contribution in [0.1, 0.15) is 80.8 Å². The normalized spacial score (nSPS) is 22.9. The fraction of sp³-hybridized carbons (Fsp3) is 0.708. The average Bonchev–Trinajstić information content (AvgIpc) is 3.21. The van der Waals surface area contributed by atoms with Gasteiger partial charge in [0.1, 0.15) is 0 Å². The second kappa shape index (κ2) is 7.58. The summed E-state index contributed by atoms with van der Waals surface area (Å²) in [5.74, 6) is 0.968. The first kappa shape index (κ1) is 19.0. The first-order valence-corrected chi connectivity index (χ1v) is 11.1. The molecule has 3 aliphatic rings. The van der Waals surface area contributed by atoms with Crippen molar-refractivity contribution >= 4 is 5.91 Å². The SMILES string of the molecule is CC(C)(C)C1CCN(C(=O)c2ccc3c(c2)CCN(C2CCCC2)C3)CC1. The topological polar surface area (TPSA) is 23.6 Å². The first-order valence-electron chi connectivity index (χ1n) is 11.1. The molecule has 1 aliphatic carbocycles. The Bertz CT molecular complexity index is 676. The fourth-order valence-corrected chi connectivity index (χ4v) is 5.42. The van der Waals surface area contributed by atoms with Gasteiger partial charge in [-0.25, -0.2) is 0 Å². The van der Waals surface area contributed by atoms with Crippen LogP contribution in [0, 0.1) is 11.3 Å². The zero-order valence-corrected chi connectivity index (χ0v) is 17.5. The molecule has 2 aliphatic heterocycles. The molecule has 2 heterocycles. The quantitative estimate of drug-likeness (QED) is 0.742. The average molecular weight is 369 g/mol. The maximum atomic E-state index is 13.0. The predicted octanol–water partition coefficient (Wildman–Crippen LogP) is 4.89. The van der Waals surface area contributed by atoms with Gasteiger partial charge in [-0.05, 0) is 66.7 Å². The molecular formula is C24H36N2O. The number of nitrogens with zero attached hydrogens (tertiary/aromatic N) is 2. The van der Waals surface area contributed by atoms with Gasteiger partial charge in [-0.2, -0.15) is 0 Å². The Balaban J connectivity index is 1.40. The Labute approximate surface area is 165 Å². The monoisotopic (exact) mass is 368 g/mol. The van der Waals surface area contributed by atoms with E-state index in [4.69, 9.17) is 0 Å². The molecule has 0 aromatic heterocycles. The minimum absolute atomic E-state index is 0.239. The molecule has 1 amide bonds. The van der Waals surface area contributed by atoms with Crippen LogP contribution in [0.15, 0.2) is 18.2 Å². The molecule has 0 atom stereocenters. The lowest BCUT2D eigenvalue weighted by atomic mass is 9.75. The van der Waals surface area contributed by atoms with Gasteiger partial charge in [0.25, 0.3) is 5.91 Å². The van der Waals surface area contributed by atoms with Gasteiger partial charge in [-0.3, -0.25) is 9.69 Å². The molecule has 1 saturated carbocycles. The number of benzene rings is 1. The van der Waals surface area contributed by atoms with Gasteiger partial charge >= 0.3 is 0 Å². The lowest BCUT2D eigenvalue weighted by Crippen LogP contribution is -2.41. The molecule has 4 rings (SSSR count). The van der Waals surface area contributed by atoms with Gasteiger partial charge in [0.2, 0.25) is 0 Å². The molecule has 3 nitrogen and oxygen atoms in total. The minimum atomic E-state index is 0.239. The van der Waals surface area contributed by atoms with Crippen molar-refractivity contribution in [2.24, 2.45) is 11.3 Å². The Hall–Kier alpha value is -1.35. The van der Waals surface area contributed by atoms with Crippen LogP contribution in [0.3, 0.4) is 0 Å². The van der Waals surface area contributed by atoms with E-state index in [1.165, 1.54) is 36.8 Å². The number of hydrogen-bond acceptors (Lipinski definition) is 2. The van der Waals surface area contributed by atoms with Gasteiger partial charge in [0.15, 0.2) is 0 Å². The number of fused-ring (bicyclic) bond motifs is 1. The fourth-order valence-electron chi connectivity index (χ4n) is 5.42. The molecule has 27 heavy (non-hydrogen) atoms. The second-order valence-electron chi connectivity index (χ2n) is 10.1. The summed E-state index contributed by atoms with van der Waals surface area (Å²) in [6.07, 6.45) is 8.90. The molecule has 1 saturated heterocycles. The summed E-state index contributed by atoms with van der Waals surface area (Å²) < 4.78 is 0. The number of hydrogen-bond donors (Lipinski definition) is 0. The zero-order valence-electron chi connectivity index (χ0n) is 17.5. The highest BCUT2D eigenvalue weighted by molar-refractivity contribution is 5.94. The largest absolute Gasteiger partial charge is 0.339 e. The summed E-state index contributed by atoms with van der Waals surface area (Å²) in [4.78, 5) is 17.8. The van der Waals surface area contributed by atoms with Crippen LogP contribution in [0.25, 0.3) is 0 Å². The summed E-state index contributed by atoms with van der Waals surface area (Å²) in [5, 5.41) is 0. The third kappa shape index (κ3) is 4.08. The first-order chi connectivity index (χ1) is 12.9. The standard InChI is InChI=1S/C24H36N2O/c1-24(2,3)21-11-14-25(15-12-21)23(27)19-8-9-20-17-26(13-10-18(20)16-19)22-6-4-5-7-22/h8-9,16,21-22H,4-7,10-15,17H2,1-3H3. The van der Waals surface area contributed by atoms with Crippen molar-refractivity contribution in [3.05, 3.63) is 34.9 Å². The van der Waals surface area contributed by atoms with E-state index >= 15 is 0 Å². The molecule has 148 valence electrons. The van der Waals surface area contributed by atoms with Crippen LogP contribution in [-0.4, -0.2) is 41.4 Å². The van der Waals surface area contributed by atoms with Gasteiger partial charge in [-0.1, -0.05) is 39.7 Å². The van der Waals surface area contributed by atoms with Gasteiger partial charge < -0.3 is 4.90 Å². The number of piperidine rings is 1. The van der Waals surface area contributed by atoms with Crippen LogP contribution >= 0.6 is 0 Å². The second-order valence-corrected chi connectivity index (χ2v) is 10.1. The van der Waals surface area contributed by atoms with E-state index in [9.17, 15) is 4.79 Å². The predicted molar refractivity (Wildman–Crippen MR) is 111 cm³/mol. The summed E-state index contributed by atoms with van der Waals surface area (Å²) in [7, 11) is 0. The summed E-state index contributed by atoms with van der Waals surface area (Å²) >= 11 is 0. The van der Waals surface area contributed by atoms with Gasteiger partial charge in [0, 0.05) is 37.8 Å². The summed E-state index contributed by atoms with van der Waals surface area (Å²) in [6.45, 7) is 11.0.